The quantitative estimate of drug-likeness (QED) is 0.794. The second-order valence-corrected chi connectivity index (χ2v) is 4.95. The molecular weight excluding hydrogens is 250 g/mol. The lowest BCUT2D eigenvalue weighted by Gasteiger charge is -2.27. The zero-order valence-electron chi connectivity index (χ0n) is 10.2. The first kappa shape index (κ1) is 12.0. The van der Waals surface area contributed by atoms with Crippen molar-refractivity contribution in [1.29, 1.82) is 5.26 Å². The van der Waals surface area contributed by atoms with Crippen LogP contribution in [0.4, 0.5) is 8.78 Å². The van der Waals surface area contributed by atoms with Crippen LogP contribution >= 0.6 is 0 Å². The Labute approximate surface area is 108 Å². The maximum absolute atomic E-state index is 13.2. The van der Waals surface area contributed by atoms with Crippen molar-refractivity contribution in [1.82, 2.24) is 14.6 Å². The molecular formula is C13H12F2N4. The summed E-state index contributed by atoms with van der Waals surface area (Å²) in [5.74, 6) is -1.87. The SMILES string of the molecule is N#Cc1ccc2nnc(C3CCC(F)(F)CC3)n2c1. The minimum absolute atomic E-state index is 0.0106. The Morgan fingerprint density at radius 1 is 1.26 bits per heavy atom. The minimum atomic E-state index is -2.55. The van der Waals surface area contributed by atoms with Gasteiger partial charge in [-0.3, -0.25) is 4.40 Å². The summed E-state index contributed by atoms with van der Waals surface area (Å²) in [6.45, 7) is 0. The zero-order valence-corrected chi connectivity index (χ0v) is 10.2. The number of nitriles is 1. The van der Waals surface area contributed by atoms with Crippen LogP contribution in [0, 0.1) is 11.3 Å². The van der Waals surface area contributed by atoms with E-state index in [9.17, 15) is 8.78 Å². The number of alkyl halides is 2. The Morgan fingerprint density at radius 3 is 2.68 bits per heavy atom. The predicted molar refractivity (Wildman–Crippen MR) is 63.9 cm³/mol. The van der Waals surface area contributed by atoms with Gasteiger partial charge in [0, 0.05) is 25.0 Å². The lowest BCUT2D eigenvalue weighted by molar-refractivity contribution is -0.0388. The molecule has 2 heterocycles. The molecule has 0 unspecified atom stereocenters. The second kappa shape index (κ2) is 4.26. The largest absolute Gasteiger partial charge is 0.285 e. The van der Waals surface area contributed by atoms with Crippen LogP contribution in [0.5, 0.6) is 0 Å². The molecule has 1 aliphatic carbocycles. The monoisotopic (exact) mass is 262 g/mol. The molecule has 19 heavy (non-hydrogen) atoms. The maximum atomic E-state index is 13.2. The topological polar surface area (TPSA) is 54.0 Å². The van der Waals surface area contributed by atoms with Crippen molar-refractivity contribution in [3.05, 3.63) is 29.7 Å². The predicted octanol–water partition coefficient (Wildman–Crippen LogP) is 2.89. The van der Waals surface area contributed by atoms with Crippen LogP contribution in [0.25, 0.3) is 5.65 Å². The van der Waals surface area contributed by atoms with Crippen LogP contribution in [0.3, 0.4) is 0 Å². The smallest absolute Gasteiger partial charge is 0.248 e. The molecule has 6 heteroatoms. The number of pyridine rings is 1. The Kier molecular flexibility index (Phi) is 2.70. The van der Waals surface area contributed by atoms with Gasteiger partial charge in [-0.2, -0.15) is 5.26 Å². The van der Waals surface area contributed by atoms with Crippen LogP contribution in [-0.4, -0.2) is 20.5 Å². The van der Waals surface area contributed by atoms with E-state index in [1.807, 2.05) is 0 Å². The van der Waals surface area contributed by atoms with E-state index in [4.69, 9.17) is 5.26 Å². The lowest BCUT2D eigenvalue weighted by Crippen LogP contribution is -2.24. The van der Waals surface area contributed by atoms with Crippen LogP contribution in [0.15, 0.2) is 18.3 Å². The van der Waals surface area contributed by atoms with Gasteiger partial charge in [0.15, 0.2) is 5.65 Å². The highest BCUT2D eigenvalue weighted by Crippen LogP contribution is 2.40. The van der Waals surface area contributed by atoms with E-state index < -0.39 is 5.92 Å². The van der Waals surface area contributed by atoms with Gasteiger partial charge in [0.1, 0.15) is 11.9 Å². The van der Waals surface area contributed by atoms with Crippen LogP contribution in [0.1, 0.15) is 43.0 Å². The molecule has 0 amide bonds. The van der Waals surface area contributed by atoms with Gasteiger partial charge >= 0.3 is 0 Å². The summed E-state index contributed by atoms with van der Waals surface area (Å²) in [5.41, 5.74) is 1.15. The van der Waals surface area contributed by atoms with Gasteiger partial charge in [0.2, 0.25) is 5.92 Å². The van der Waals surface area contributed by atoms with Crippen molar-refractivity contribution in [2.24, 2.45) is 0 Å². The van der Waals surface area contributed by atoms with Gasteiger partial charge in [0.25, 0.3) is 0 Å². The van der Waals surface area contributed by atoms with E-state index in [0.717, 1.165) is 0 Å². The molecule has 0 atom stereocenters. The third-order valence-corrected chi connectivity index (χ3v) is 3.64. The number of nitrogens with zero attached hydrogens (tertiary/aromatic N) is 4. The lowest BCUT2D eigenvalue weighted by atomic mass is 9.86. The molecule has 0 bridgehead atoms. The zero-order chi connectivity index (χ0) is 13.5. The molecule has 2 aromatic rings. The molecule has 0 aliphatic heterocycles. The fraction of sp³-hybridized carbons (Fsp3) is 0.462. The van der Waals surface area contributed by atoms with Crippen molar-refractivity contribution in [2.45, 2.75) is 37.5 Å². The first-order valence-corrected chi connectivity index (χ1v) is 6.22. The van der Waals surface area contributed by atoms with Gasteiger partial charge in [-0.1, -0.05) is 0 Å². The highest BCUT2D eigenvalue weighted by Gasteiger charge is 2.36. The number of aromatic nitrogens is 3. The molecule has 1 fully saturated rings. The number of halogens is 2. The summed E-state index contributed by atoms with van der Waals surface area (Å²) in [6.07, 6.45) is 2.27. The highest BCUT2D eigenvalue weighted by atomic mass is 19.3. The molecule has 98 valence electrons. The maximum Gasteiger partial charge on any atom is 0.248 e. The summed E-state index contributed by atoms with van der Waals surface area (Å²) in [7, 11) is 0. The van der Waals surface area contributed by atoms with Crippen molar-refractivity contribution >= 4 is 5.65 Å². The first-order valence-electron chi connectivity index (χ1n) is 6.22. The van der Waals surface area contributed by atoms with E-state index in [0.29, 0.717) is 29.9 Å². The molecule has 0 spiro atoms. The van der Waals surface area contributed by atoms with Crippen LogP contribution in [0.2, 0.25) is 0 Å². The average molecular weight is 262 g/mol. The Balaban J connectivity index is 1.95. The van der Waals surface area contributed by atoms with Crippen LogP contribution < -0.4 is 0 Å². The van der Waals surface area contributed by atoms with Crippen molar-refractivity contribution in [3.63, 3.8) is 0 Å². The third-order valence-electron chi connectivity index (χ3n) is 3.64. The fourth-order valence-corrected chi connectivity index (χ4v) is 2.55. The van der Waals surface area contributed by atoms with Crippen LogP contribution in [-0.2, 0) is 0 Å². The summed E-state index contributed by atoms with van der Waals surface area (Å²) in [6, 6.07) is 5.44. The number of hydrogen-bond acceptors (Lipinski definition) is 3. The van der Waals surface area contributed by atoms with E-state index in [-0.39, 0.29) is 18.8 Å². The Hall–Kier alpha value is -2.03. The first-order chi connectivity index (χ1) is 9.09. The van der Waals surface area contributed by atoms with Gasteiger partial charge in [-0.25, -0.2) is 8.78 Å². The van der Waals surface area contributed by atoms with Crippen molar-refractivity contribution < 1.29 is 8.78 Å². The number of hydrogen-bond donors (Lipinski definition) is 0. The molecule has 0 saturated heterocycles. The molecule has 0 radical (unpaired) electrons. The molecule has 2 aromatic heterocycles. The van der Waals surface area contributed by atoms with E-state index in [1.54, 1.807) is 22.7 Å². The molecule has 0 N–H and O–H groups in total. The third kappa shape index (κ3) is 2.16. The molecule has 1 aliphatic rings. The van der Waals surface area contributed by atoms with E-state index >= 15 is 0 Å². The second-order valence-electron chi connectivity index (χ2n) is 4.95. The van der Waals surface area contributed by atoms with Crippen molar-refractivity contribution in [3.8, 4) is 6.07 Å². The van der Waals surface area contributed by atoms with Crippen molar-refractivity contribution in [2.75, 3.05) is 0 Å². The fourth-order valence-electron chi connectivity index (χ4n) is 2.55. The normalized spacial score (nSPS) is 19.4. The molecule has 4 nitrogen and oxygen atoms in total. The average Bonchev–Trinajstić information content (AvgIpc) is 2.81. The van der Waals surface area contributed by atoms with E-state index in [1.165, 1.54) is 0 Å². The summed E-state index contributed by atoms with van der Waals surface area (Å²) in [5, 5.41) is 17.0. The number of fused-ring (bicyclic) bond motifs is 1. The Morgan fingerprint density at radius 2 is 2.00 bits per heavy atom. The van der Waals surface area contributed by atoms with Gasteiger partial charge in [-0.15, -0.1) is 10.2 Å². The van der Waals surface area contributed by atoms with Gasteiger partial charge in [0.05, 0.1) is 5.56 Å². The minimum Gasteiger partial charge on any atom is -0.285 e. The summed E-state index contributed by atoms with van der Waals surface area (Å²) in [4.78, 5) is 0. The standard InChI is InChI=1S/C13H12F2N4/c14-13(15)5-3-10(4-6-13)12-18-17-11-2-1-9(7-16)8-19(11)12/h1-2,8,10H,3-6H2. The molecule has 3 rings (SSSR count). The summed E-state index contributed by atoms with van der Waals surface area (Å²) >= 11 is 0. The van der Waals surface area contributed by atoms with Gasteiger partial charge in [-0.05, 0) is 25.0 Å². The van der Waals surface area contributed by atoms with E-state index in [2.05, 4.69) is 16.3 Å². The molecule has 0 aromatic carbocycles. The summed E-state index contributed by atoms with van der Waals surface area (Å²) < 4.78 is 28.1. The number of rotatable bonds is 1. The molecule has 1 saturated carbocycles. The Bertz CT molecular complexity index is 646. The van der Waals surface area contributed by atoms with Gasteiger partial charge < -0.3 is 0 Å². The highest BCUT2D eigenvalue weighted by molar-refractivity contribution is 5.43.